The van der Waals surface area contributed by atoms with Crippen LogP contribution >= 0.6 is 0 Å². The fourth-order valence-electron chi connectivity index (χ4n) is 1.98. The molecule has 0 radical (unpaired) electrons. The molecule has 0 spiro atoms. The summed E-state index contributed by atoms with van der Waals surface area (Å²) in [6.45, 7) is -0.823. The van der Waals surface area contributed by atoms with E-state index < -0.39 is 42.0 Å². The van der Waals surface area contributed by atoms with Gasteiger partial charge in [0.15, 0.2) is 6.61 Å². The molecule has 1 amide bonds. The van der Waals surface area contributed by atoms with E-state index in [0.717, 1.165) is 24.3 Å². The second kappa shape index (κ2) is 7.68. The van der Waals surface area contributed by atoms with Crippen LogP contribution in [0.4, 0.5) is 32.0 Å². The number of hydrogen-bond donors (Lipinski definition) is 1. The van der Waals surface area contributed by atoms with Crippen molar-refractivity contribution in [1.82, 2.24) is 0 Å². The summed E-state index contributed by atoms with van der Waals surface area (Å²) in [6.07, 6.45) is -9.15. The highest BCUT2D eigenvalue weighted by atomic mass is 19.4. The Morgan fingerprint density at radius 2 is 1.44 bits per heavy atom. The van der Waals surface area contributed by atoms with Crippen LogP contribution in [0.25, 0.3) is 0 Å². The zero-order valence-corrected chi connectivity index (χ0v) is 13.3. The molecule has 27 heavy (non-hydrogen) atoms. The van der Waals surface area contributed by atoms with E-state index in [2.05, 4.69) is 10.1 Å². The molecule has 0 unspecified atom stereocenters. The van der Waals surface area contributed by atoms with E-state index in [4.69, 9.17) is 0 Å². The lowest BCUT2D eigenvalue weighted by atomic mass is 10.1. The fourth-order valence-corrected chi connectivity index (χ4v) is 1.98. The molecule has 0 aliphatic carbocycles. The van der Waals surface area contributed by atoms with Crippen LogP contribution in [-0.4, -0.2) is 18.5 Å². The summed E-state index contributed by atoms with van der Waals surface area (Å²) < 4.78 is 79.8. The first-order chi connectivity index (χ1) is 12.5. The monoisotopic (exact) mass is 391 g/mol. The minimum absolute atomic E-state index is 0.152. The smallest absolute Gasteiger partial charge is 0.416 e. The highest BCUT2D eigenvalue weighted by molar-refractivity contribution is 5.95. The zero-order chi connectivity index (χ0) is 20.2. The van der Waals surface area contributed by atoms with Crippen LogP contribution in [0.3, 0.4) is 0 Å². The molecule has 0 fully saturated rings. The highest BCUT2D eigenvalue weighted by Crippen LogP contribution is 2.31. The van der Waals surface area contributed by atoms with Gasteiger partial charge in [-0.25, -0.2) is 4.79 Å². The van der Waals surface area contributed by atoms with E-state index in [9.17, 15) is 35.9 Å². The van der Waals surface area contributed by atoms with E-state index in [1.807, 2.05) is 0 Å². The largest absolute Gasteiger partial charge is 0.452 e. The molecule has 2 rings (SSSR count). The first-order valence-electron chi connectivity index (χ1n) is 7.28. The van der Waals surface area contributed by atoms with Gasteiger partial charge in [0.1, 0.15) is 0 Å². The number of hydrogen-bond acceptors (Lipinski definition) is 3. The number of esters is 1. The van der Waals surface area contributed by atoms with Crippen molar-refractivity contribution in [3.8, 4) is 0 Å². The Morgan fingerprint density at radius 1 is 0.852 bits per heavy atom. The standard InChI is InChI=1S/C17H11F6NO3/c18-16(19,20)11-6-4-10(5-7-11)15(26)27-9-14(25)24-13-3-1-2-12(8-13)17(21,22)23/h1-8H,9H2,(H,24,25). The topological polar surface area (TPSA) is 55.4 Å². The summed E-state index contributed by atoms with van der Waals surface area (Å²) in [5.74, 6) is -1.96. The van der Waals surface area contributed by atoms with Crippen molar-refractivity contribution >= 4 is 17.6 Å². The van der Waals surface area contributed by atoms with Crippen molar-refractivity contribution in [2.45, 2.75) is 12.4 Å². The van der Waals surface area contributed by atoms with Gasteiger partial charge in [-0.15, -0.1) is 0 Å². The second-order valence-electron chi connectivity index (χ2n) is 5.28. The predicted molar refractivity (Wildman–Crippen MR) is 81.8 cm³/mol. The van der Waals surface area contributed by atoms with Crippen molar-refractivity contribution in [2.24, 2.45) is 0 Å². The second-order valence-corrected chi connectivity index (χ2v) is 5.28. The van der Waals surface area contributed by atoms with Crippen molar-refractivity contribution in [1.29, 1.82) is 0 Å². The highest BCUT2D eigenvalue weighted by Gasteiger charge is 2.31. The van der Waals surface area contributed by atoms with Crippen LogP contribution < -0.4 is 5.32 Å². The van der Waals surface area contributed by atoms with Gasteiger partial charge in [-0.05, 0) is 42.5 Å². The fraction of sp³-hybridized carbons (Fsp3) is 0.176. The van der Waals surface area contributed by atoms with Gasteiger partial charge < -0.3 is 10.1 Å². The molecule has 0 bridgehead atoms. The summed E-state index contributed by atoms with van der Waals surface area (Å²) in [7, 11) is 0. The Kier molecular flexibility index (Phi) is 5.77. The molecule has 0 aliphatic heterocycles. The van der Waals surface area contributed by atoms with Gasteiger partial charge in [-0.2, -0.15) is 26.3 Å². The van der Waals surface area contributed by atoms with Crippen LogP contribution in [0.2, 0.25) is 0 Å². The minimum atomic E-state index is -4.59. The molecule has 2 aromatic carbocycles. The van der Waals surface area contributed by atoms with Gasteiger partial charge in [0.2, 0.25) is 0 Å². The lowest BCUT2D eigenvalue weighted by Crippen LogP contribution is -2.21. The lowest BCUT2D eigenvalue weighted by Gasteiger charge is -2.10. The van der Waals surface area contributed by atoms with E-state index in [-0.39, 0.29) is 11.3 Å². The Morgan fingerprint density at radius 3 is 2.00 bits per heavy atom. The first kappa shape index (κ1) is 20.3. The molecule has 4 nitrogen and oxygen atoms in total. The lowest BCUT2D eigenvalue weighted by molar-refractivity contribution is -0.138. The van der Waals surface area contributed by atoms with Crippen LogP contribution in [0, 0.1) is 0 Å². The summed E-state index contributed by atoms with van der Waals surface area (Å²) >= 11 is 0. The maximum atomic E-state index is 12.6. The SMILES string of the molecule is O=C(COC(=O)c1ccc(C(F)(F)F)cc1)Nc1cccc(C(F)(F)F)c1. The number of anilines is 1. The molecule has 2 aromatic rings. The number of amides is 1. The Hall–Kier alpha value is -3.04. The van der Waals surface area contributed by atoms with Crippen molar-refractivity contribution in [2.75, 3.05) is 11.9 Å². The number of rotatable bonds is 4. The van der Waals surface area contributed by atoms with Gasteiger partial charge in [0, 0.05) is 5.69 Å². The summed E-state index contributed by atoms with van der Waals surface area (Å²) in [4.78, 5) is 23.4. The third kappa shape index (κ3) is 5.73. The molecule has 0 aliphatic rings. The average Bonchev–Trinajstić information content (AvgIpc) is 2.58. The predicted octanol–water partition coefficient (Wildman–Crippen LogP) is 4.52. The summed E-state index contributed by atoms with van der Waals surface area (Å²) in [5.41, 5.74) is -2.29. The summed E-state index contributed by atoms with van der Waals surface area (Å²) in [6, 6.07) is 6.96. The van der Waals surface area contributed by atoms with Gasteiger partial charge in [0.25, 0.3) is 5.91 Å². The van der Waals surface area contributed by atoms with Crippen molar-refractivity contribution in [3.05, 3.63) is 65.2 Å². The third-order valence-electron chi connectivity index (χ3n) is 3.26. The molecule has 10 heteroatoms. The summed E-state index contributed by atoms with van der Waals surface area (Å²) in [5, 5.41) is 2.13. The number of carbonyl (C=O) groups is 2. The Bertz CT molecular complexity index is 828. The Labute approximate surface area is 148 Å². The van der Waals surface area contributed by atoms with Gasteiger partial charge in [-0.3, -0.25) is 4.79 Å². The molecule has 144 valence electrons. The van der Waals surface area contributed by atoms with Gasteiger partial charge in [-0.1, -0.05) is 6.07 Å². The molecule has 0 aromatic heterocycles. The average molecular weight is 391 g/mol. The Balaban J connectivity index is 1.93. The molecular formula is C17H11F6NO3. The number of nitrogens with one attached hydrogen (secondary N) is 1. The molecule has 0 atom stereocenters. The quantitative estimate of drug-likeness (QED) is 0.616. The van der Waals surface area contributed by atoms with Crippen LogP contribution in [0.15, 0.2) is 48.5 Å². The maximum absolute atomic E-state index is 12.6. The van der Waals surface area contributed by atoms with Crippen LogP contribution in [0.5, 0.6) is 0 Å². The van der Waals surface area contributed by atoms with Crippen molar-refractivity contribution < 1.29 is 40.7 Å². The van der Waals surface area contributed by atoms with Crippen molar-refractivity contribution in [3.63, 3.8) is 0 Å². The van der Waals surface area contributed by atoms with E-state index >= 15 is 0 Å². The first-order valence-corrected chi connectivity index (χ1v) is 7.28. The third-order valence-corrected chi connectivity index (χ3v) is 3.26. The minimum Gasteiger partial charge on any atom is -0.452 e. The normalized spacial score (nSPS) is 11.8. The van der Waals surface area contributed by atoms with Gasteiger partial charge in [0.05, 0.1) is 16.7 Å². The molecule has 1 N–H and O–H groups in total. The van der Waals surface area contributed by atoms with Crippen LogP contribution in [-0.2, 0) is 21.9 Å². The number of benzene rings is 2. The number of ether oxygens (including phenoxy) is 1. The molecular weight excluding hydrogens is 380 g/mol. The van der Waals surface area contributed by atoms with E-state index in [1.165, 1.54) is 6.07 Å². The van der Waals surface area contributed by atoms with E-state index in [1.54, 1.807) is 0 Å². The van der Waals surface area contributed by atoms with Gasteiger partial charge >= 0.3 is 18.3 Å². The zero-order valence-electron chi connectivity index (χ0n) is 13.3. The van der Waals surface area contributed by atoms with E-state index in [0.29, 0.717) is 18.2 Å². The molecule has 0 heterocycles. The number of alkyl halides is 6. The maximum Gasteiger partial charge on any atom is 0.416 e. The number of carbonyl (C=O) groups excluding carboxylic acids is 2. The van der Waals surface area contributed by atoms with Crippen LogP contribution in [0.1, 0.15) is 21.5 Å². The molecule has 0 saturated carbocycles. The molecule has 0 saturated heterocycles. The number of halogens is 6.